The van der Waals surface area contributed by atoms with Crippen LogP contribution in [-0.2, 0) is 16.0 Å². The molecule has 0 radical (unpaired) electrons. The number of benzene rings is 2. The Labute approximate surface area is 212 Å². The van der Waals surface area contributed by atoms with Crippen molar-refractivity contribution in [1.29, 1.82) is 0 Å². The summed E-state index contributed by atoms with van der Waals surface area (Å²) in [5, 5.41) is 2.78. The summed E-state index contributed by atoms with van der Waals surface area (Å²) in [4.78, 5) is 25.5. The van der Waals surface area contributed by atoms with E-state index in [0.717, 1.165) is 18.6 Å². The lowest BCUT2D eigenvalue weighted by Crippen LogP contribution is -2.25. The zero-order valence-electron chi connectivity index (χ0n) is 21.1. The van der Waals surface area contributed by atoms with Crippen molar-refractivity contribution >= 4 is 23.2 Å². The van der Waals surface area contributed by atoms with Crippen molar-refractivity contribution in [3.63, 3.8) is 0 Å². The minimum Gasteiger partial charge on any atom is -0.493 e. The number of aryl methyl sites for hydroxylation is 3. The van der Waals surface area contributed by atoms with E-state index in [4.69, 9.17) is 9.47 Å². The van der Waals surface area contributed by atoms with Gasteiger partial charge in [0.25, 0.3) is 5.91 Å². The molecule has 1 heterocycles. The monoisotopic (exact) mass is 493 g/mol. The normalized spacial score (nSPS) is 11.7. The molecule has 0 fully saturated rings. The van der Waals surface area contributed by atoms with E-state index in [1.54, 1.807) is 6.92 Å². The first-order valence-electron chi connectivity index (χ1n) is 12.2. The molecular weight excluding hydrogens is 458 g/mol. The Bertz CT molecular complexity index is 1100. The van der Waals surface area contributed by atoms with Crippen molar-refractivity contribution in [1.82, 2.24) is 5.32 Å². The van der Waals surface area contributed by atoms with Gasteiger partial charge in [0.1, 0.15) is 5.75 Å². The Balaban J connectivity index is 1.45. The quantitative estimate of drug-likeness (QED) is 0.298. The van der Waals surface area contributed by atoms with Gasteiger partial charge in [0.2, 0.25) is 0 Å². The van der Waals surface area contributed by atoms with Crippen molar-refractivity contribution in [2.24, 2.45) is 5.92 Å². The highest BCUT2D eigenvalue weighted by Crippen LogP contribution is 2.31. The fourth-order valence-corrected chi connectivity index (χ4v) is 4.95. The Hall–Kier alpha value is -3.12. The van der Waals surface area contributed by atoms with Crippen molar-refractivity contribution in [3.8, 4) is 16.9 Å². The van der Waals surface area contributed by atoms with Gasteiger partial charge in [-0.25, -0.2) is 0 Å². The third-order valence-corrected chi connectivity index (χ3v) is 6.94. The largest absolute Gasteiger partial charge is 0.493 e. The van der Waals surface area contributed by atoms with Crippen LogP contribution in [0.5, 0.6) is 5.75 Å². The van der Waals surface area contributed by atoms with E-state index in [1.165, 1.54) is 38.5 Å². The molecule has 3 aromatic rings. The van der Waals surface area contributed by atoms with E-state index in [0.29, 0.717) is 24.0 Å². The molecule has 6 heteroatoms. The smallest absolute Gasteiger partial charge is 0.307 e. The molecule has 0 spiro atoms. The van der Waals surface area contributed by atoms with Crippen LogP contribution in [-0.4, -0.2) is 31.6 Å². The molecular formula is C29H35NO4S. The van der Waals surface area contributed by atoms with E-state index >= 15 is 0 Å². The number of thiophene rings is 1. The third-order valence-electron chi connectivity index (χ3n) is 5.79. The minimum absolute atomic E-state index is 0.147. The van der Waals surface area contributed by atoms with Crippen LogP contribution in [0, 0.1) is 19.8 Å². The third kappa shape index (κ3) is 7.96. The number of hydrogen-bond donors (Lipinski definition) is 1. The van der Waals surface area contributed by atoms with E-state index < -0.39 is 0 Å². The van der Waals surface area contributed by atoms with Gasteiger partial charge in [-0.05, 0) is 86.1 Å². The second-order valence-corrected chi connectivity index (χ2v) is 10.00. The molecule has 1 amide bonds. The first kappa shape index (κ1) is 26.5. The van der Waals surface area contributed by atoms with Crippen molar-refractivity contribution in [2.75, 3.05) is 19.8 Å². The molecule has 1 unspecified atom stereocenters. The summed E-state index contributed by atoms with van der Waals surface area (Å²) in [6.07, 6.45) is 2.06. The van der Waals surface area contributed by atoms with Crippen molar-refractivity contribution < 1.29 is 19.1 Å². The highest BCUT2D eigenvalue weighted by Gasteiger charge is 2.13. The minimum atomic E-state index is -0.298. The predicted octanol–water partition coefficient (Wildman–Crippen LogP) is 6.36. The van der Waals surface area contributed by atoms with Crippen LogP contribution in [0.15, 0.2) is 54.6 Å². The van der Waals surface area contributed by atoms with Gasteiger partial charge < -0.3 is 14.8 Å². The Kier molecular flexibility index (Phi) is 9.91. The van der Waals surface area contributed by atoms with Gasteiger partial charge in [0.15, 0.2) is 0 Å². The van der Waals surface area contributed by atoms with Gasteiger partial charge in [0, 0.05) is 11.4 Å². The Morgan fingerprint density at radius 1 is 1.03 bits per heavy atom. The molecule has 5 nitrogen and oxygen atoms in total. The van der Waals surface area contributed by atoms with Gasteiger partial charge >= 0.3 is 5.97 Å². The number of rotatable bonds is 12. The number of nitrogens with one attached hydrogen (secondary N) is 1. The zero-order chi connectivity index (χ0) is 25.2. The van der Waals surface area contributed by atoms with Crippen LogP contribution < -0.4 is 10.1 Å². The average Bonchev–Trinajstić information content (AvgIpc) is 3.31. The topological polar surface area (TPSA) is 64.6 Å². The fourth-order valence-electron chi connectivity index (χ4n) is 4.01. The van der Waals surface area contributed by atoms with E-state index in [2.05, 4.69) is 62.5 Å². The van der Waals surface area contributed by atoms with E-state index in [9.17, 15) is 9.59 Å². The fraction of sp³-hybridized carbons (Fsp3) is 0.379. The van der Waals surface area contributed by atoms with Gasteiger partial charge in [-0.15, -0.1) is 11.3 Å². The van der Waals surface area contributed by atoms with Crippen molar-refractivity contribution in [3.05, 3.63) is 75.5 Å². The molecule has 0 bridgehead atoms. The summed E-state index contributed by atoms with van der Waals surface area (Å²) in [6, 6.07) is 18.5. The van der Waals surface area contributed by atoms with Crippen LogP contribution in [0.1, 0.15) is 52.4 Å². The molecule has 186 valence electrons. The maximum atomic E-state index is 12.3. The molecule has 1 aromatic heterocycles. The predicted molar refractivity (Wildman–Crippen MR) is 142 cm³/mol. The van der Waals surface area contributed by atoms with Crippen LogP contribution in [0.2, 0.25) is 0 Å². The number of carbonyl (C=O) groups excluding carboxylic acids is 2. The standard InChI is InChI=1S/C29H35NO4S/c1-5-33-27(31)15-16-30-29(32)26-14-13-25(35-26)12-11-20(2)19-34-24-17-21(3)28(22(4)18-24)23-9-7-6-8-10-23/h6-10,13-14,17-18,20H,5,11-12,15-16,19H2,1-4H3,(H,30,32). The number of amides is 1. The molecule has 1 N–H and O–H groups in total. The van der Waals surface area contributed by atoms with E-state index in [-0.39, 0.29) is 24.8 Å². The number of carbonyl (C=O) groups is 2. The highest BCUT2D eigenvalue weighted by atomic mass is 32.1. The van der Waals surface area contributed by atoms with Crippen LogP contribution in [0.4, 0.5) is 0 Å². The first-order valence-corrected chi connectivity index (χ1v) is 13.0. The molecule has 0 aliphatic carbocycles. The number of hydrogen-bond acceptors (Lipinski definition) is 5. The van der Waals surface area contributed by atoms with Gasteiger partial charge in [0.05, 0.1) is 24.5 Å². The first-order chi connectivity index (χ1) is 16.9. The average molecular weight is 494 g/mol. The van der Waals surface area contributed by atoms with E-state index in [1.807, 2.05) is 18.2 Å². The van der Waals surface area contributed by atoms with Gasteiger partial charge in [-0.1, -0.05) is 37.3 Å². The summed E-state index contributed by atoms with van der Waals surface area (Å²) in [7, 11) is 0. The summed E-state index contributed by atoms with van der Waals surface area (Å²) in [6.45, 7) is 9.50. The zero-order valence-corrected chi connectivity index (χ0v) is 21.9. The summed E-state index contributed by atoms with van der Waals surface area (Å²) < 4.78 is 11.0. The molecule has 3 rings (SSSR count). The lowest BCUT2D eigenvalue weighted by Gasteiger charge is -2.16. The lowest BCUT2D eigenvalue weighted by atomic mass is 9.95. The van der Waals surface area contributed by atoms with Crippen LogP contribution in [0.25, 0.3) is 11.1 Å². The SMILES string of the molecule is CCOC(=O)CCNC(=O)c1ccc(CCC(C)COc2cc(C)c(-c3ccccc3)c(C)c2)s1. The molecule has 35 heavy (non-hydrogen) atoms. The molecule has 0 aliphatic rings. The highest BCUT2D eigenvalue weighted by molar-refractivity contribution is 7.14. The summed E-state index contributed by atoms with van der Waals surface area (Å²) in [5.74, 6) is 0.845. The molecule has 0 saturated carbocycles. The lowest BCUT2D eigenvalue weighted by molar-refractivity contribution is -0.142. The maximum Gasteiger partial charge on any atom is 0.307 e. The molecule has 0 saturated heterocycles. The molecule has 2 aromatic carbocycles. The summed E-state index contributed by atoms with van der Waals surface area (Å²) >= 11 is 1.50. The second kappa shape index (κ2) is 13.1. The van der Waals surface area contributed by atoms with Gasteiger partial charge in [-0.2, -0.15) is 0 Å². The maximum absolute atomic E-state index is 12.3. The number of esters is 1. The molecule has 1 atom stereocenters. The molecule has 0 aliphatic heterocycles. The van der Waals surface area contributed by atoms with Crippen LogP contribution in [0.3, 0.4) is 0 Å². The number of ether oxygens (including phenoxy) is 2. The Morgan fingerprint density at radius 3 is 2.43 bits per heavy atom. The van der Waals surface area contributed by atoms with Gasteiger partial charge in [-0.3, -0.25) is 9.59 Å². The Morgan fingerprint density at radius 2 is 1.74 bits per heavy atom. The van der Waals surface area contributed by atoms with Crippen molar-refractivity contribution in [2.45, 2.75) is 47.0 Å². The summed E-state index contributed by atoms with van der Waals surface area (Å²) in [5.41, 5.74) is 4.92. The second-order valence-electron chi connectivity index (χ2n) is 8.83. The van der Waals surface area contributed by atoms with Crippen LogP contribution >= 0.6 is 11.3 Å².